The predicted molar refractivity (Wildman–Crippen MR) is 60.0 cm³/mol. The molecule has 0 heterocycles. The van der Waals surface area contributed by atoms with Crippen molar-refractivity contribution < 1.29 is 0 Å². The summed E-state index contributed by atoms with van der Waals surface area (Å²) in [6.07, 6.45) is 7.99. The van der Waals surface area contributed by atoms with Crippen LogP contribution >= 0.6 is 25.3 Å². The van der Waals surface area contributed by atoms with Gasteiger partial charge in [0.2, 0.25) is 0 Å². The fraction of sp³-hybridized carbons (Fsp3) is 1.00. The molecule has 0 aliphatic carbocycles. The van der Waals surface area contributed by atoms with Gasteiger partial charge in [-0.3, -0.25) is 0 Å². The number of hydrogen-bond acceptors (Lipinski definition) is 2. The van der Waals surface area contributed by atoms with Crippen LogP contribution in [0.5, 0.6) is 0 Å². The van der Waals surface area contributed by atoms with Gasteiger partial charge in [-0.15, -0.1) is 0 Å². The molecule has 0 fully saturated rings. The van der Waals surface area contributed by atoms with Crippen LogP contribution in [0.2, 0.25) is 0 Å². The van der Waals surface area contributed by atoms with E-state index in [9.17, 15) is 0 Å². The normalized spacial score (nSPS) is 13.4. The summed E-state index contributed by atoms with van der Waals surface area (Å²) in [4.78, 5) is 0. The molecule has 0 aromatic carbocycles. The molecule has 68 valence electrons. The molecule has 0 N–H and O–H groups in total. The van der Waals surface area contributed by atoms with Gasteiger partial charge in [0, 0.05) is 0 Å². The van der Waals surface area contributed by atoms with Gasteiger partial charge in [-0.2, -0.15) is 25.3 Å². The Morgan fingerprint density at radius 2 is 1.55 bits per heavy atom. The number of unbranched alkanes of at least 4 members (excludes halogenated alkanes) is 4. The Hall–Kier alpha value is 0.700. The monoisotopic (exact) mass is 192 g/mol. The average molecular weight is 192 g/mol. The van der Waals surface area contributed by atoms with Crippen molar-refractivity contribution in [1.82, 2.24) is 0 Å². The first-order valence-electron chi connectivity index (χ1n) is 4.56. The smallest absolute Gasteiger partial charge is 0.00116 e. The molecular formula is C9H20S2. The lowest BCUT2D eigenvalue weighted by Gasteiger charge is -2.02. The zero-order valence-corrected chi connectivity index (χ0v) is 9.21. The molecule has 0 aromatic heterocycles. The Bertz CT molecular complexity index is 72.0. The molecule has 0 saturated carbocycles. The number of thiol groups is 2. The predicted octanol–water partition coefficient (Wildman–Crippen LogP) is 3.58. The van der Waals surface area contributed by atoms with E-state index in [1.165, 1.54) is 38.5 Å². The van der Waals surface area contributed by atoms with E-state index >= 15 is 0 Å². The highest BCUT2D eigenvalue weighted by molar-refractivity contribution is 7.80. The highest BCUT2D eigenvalue weighted by Crippen LogP contribution is 2.09. The summed E-state index contributed by atoms with van der Waals surface area (Å²) in [7, 11) is 0. The third-order valence-electron chi connectivity index (χ3n) is 1.78. The standard InChI is InChI=1S/C9H20S2/c1-9(11)7-5-3-2-4-6-8-10/h9-11H,2-8H2,1H3. The fourth-order valence-corrected chi connectivity index (χ4v) is 1.49. The van der Waals surface area contributed by atoms with Gasteiger partial charge in [0.15, 0.2) is 0 Å². The SMILES string of the molecule is CC(S)CCCCCCCS. The average Bonchev–Trinajstić information content (AvgIpc) is 1.96. The summed E-state index contributed by atoms with van der Waals surface area (Å²) in [5.74, 6) is 1.04. The topological polar surface area (TPSA) is 0 Å². The van der Waals surface area contributed by atoms with Crippen molar-refractivity contribution in [2.24, 2.45) is 0 Å². The lowest BCUT2D eigenvalue weighted by Crippen LogP contribution is -1.90. The molecule has 2 heteroatoms. The van der Waals surface area contributed by atoms with Crippen LogP contribution in [-0.2, 0) is 0 Å². The molecule has 0 nitrogen and oxygen atoms in total. The molecule has 0 spiro atoms. The van der Waals surface area contributed by atoms with Gasteiger partial charge in [0.25, 0.3) is 0 Å². The third-order valence-corrected chi connectivity index (χ3v) is 2.35. The lowest BCUT2D eigenvalue weighted by atomic mass is 10.1. The van der Waals surface area contributed by atoms with E-state index in [4.69, 9.17) is 0 Å². The minimum atomic E-state index is 0.583. The maximum Gasteiger partial charge on any atom is -0.00116 e. The Balaban J connectivity index is 2.80. The molecule has 1 unspecified atom stereocenters. The summed E-state index contributed by atoms with van der Waals surface area (Å²) in [5, 5.41) is 0.583. The highest BCUT2D eigenvalue weighted by atomic mass is 32.1. The zero-order chi connectivity index (χ0) is 8.53. The number of rotatable bonds is 7. The second-order valence-corrected chi connectivity index (χ2v) is 4.46. The van der Waals surface area contributed by atoms with Crippen LogP contribution in [0.4, 0.5) is 0 Å². The molecule has 0 aliphatic heterocycles. The molecule has 0 rings (SSSR count). The molecule has 0 bridgehead atoms. The molecule has 11 heavy (non-hydrogen) atoms. The van der Waals surface area contributed by atoms with E-state index in [0.717, 1.165) is 5.75 Å². The zero-order valence-electron chi connectivity index (χ0n) is 7.42. The fourth-order valence-electron chi connectivity index (χ4n) is 1.08. The minimum Gasteiger partial charge on any atom is -0.179 e. The maximum absolute atomic E-state index is 4.33. The first-order valence-corrected chi connectivity index (χ1v) is 5.71. The Morgan fingerprint density at radius 3 is 2.09 bits per heavy atom. The highest BCUT2D eigenvalue weighted by Gasteiger charge is 1.94. The van der Waals surface area contributed by atoms with Gasteiger partial charge in [-0.1, -0.05) is 32.6 Å². The van der Waals surface area contributed by atoms with E-state index in [2.05, 4.69) is 32.2 Å². The molecule has 1 atom stereocenters. The van der Waals surface area contributed by atoms with E-state index in [0.29, 0.717) is 5.25 Å². The molecule has 0 amide bonds. The second-order valence-electron chi connectivity index (χ2n) is 3.13. The first kappa shape index (κ1) is 11.7. The summed E-state index contributed by atoms with van der Waals surface area (Å²) in [6, 6.07) is 0. The van der Waals surface area contributed by atoms with Gasteiger partial charge in [0.1, 0.15) is 0 Å². The van der Waals surface area contributed by atoms with E-state index in [1.54, 1.807) is 0 Å². The Labute approximate surface area is 82.0 Å². The largest absolute Gasteiger partial charge is 0.179 e. The third kappa shape index (κ3) is 10.7. The van der Waals surface area contributed by atoms with Crippen molar-refractivity contribution in [1.29, 1.82) is 0 Å². The van der Waals surface area contributed by atoms with Crippen molar-refractivity contribution in [2.45, 2.75) is 50.7 Å². The Kier molecular flexibility index (Phi) is 9.35. The first-order chi connectivity index (χ1) is 5.27. The van der Waals surface area contributed by atoms with Crippen LogP contribution in [-0.4, -0.2) is 11.0 Å². The van der Waals surface area contributed by atoms with Crippen molar-refractivity contribution in [3.05, 3.63) is 0 Å². The molecular weight excluding hydrogens is 172 g/mol. The van der Waals surface area contributed by atoms with Gasteiger partial charge >= 0.3 is 0 Å². The summed E-state index contributed by atoms with van der Waals surface area (Å²) >= 11 is 8.50. The van der Waals surface area contributed by atoms with Crippen LogP contribution in [0.25, 0.3) is 0 Å². The quantitative estimate of drug-likeness (QED) is 0.447. The van der Waals surface area contributed by atoms with Crippen molar-refractivity contribution in [2.75, 3.05) is 5.75 Å². The van der Waals surface area contributed by atoms with Crippen LogP contribution in [0.15, 0.2) is 0 Å². The van der Waals surface area contributed by atoms with E-state index < -0.39 is 0 Å². The molecule has 0 aliphatic rings. The lowest BCUT2D eigenvalue weighted by molar-refractivity contribution is 0.609. The Morgan fingerprint density at radius 1 is 1.00 bits per heavy atom. The van der Waals surface area contributed by atoms with Crippen molar-refractivity contribution >= 4 is 25.3 Å². The van der Waals surface area contributed by atoms with Crippen LogP contribution in [0.3, 0.4) is 0 Å². The van der Waals surface area contributed by atoms with Gasteiger partial charge in [-0.25, -0.2) is 0 Å². The van der Waals surface area contributed by atoms with Crippen molar-refractivity contribution in [3.8, 4) is 0 Å². The number of hydrogen-bond donors (Lipinski definition) is 2. The maximum atomic E-state index is 4.33. The van der Waals surface area contributed by atoms with E-state index in [-0.39, 0.29) is 0 Å². The molecule has 0 aromatic rings. The summed E-state index contributed by atoms with van der Waals surface area (Å²) in [5.41, 5.74) is 0. The van der Waals surface area contributed by atoms with Gasteiger partial charge in [0.05, 0.1) is 0 Å². The van der Waals surface area contributed by atoms with E-state index in [1.807, 2.05) is 0 Å². The van der Waals surface area contributed by atoms with Crippen LogP contribution in [0.1, 0.15) is 45.4 Å². The molecule has 0 saturated heterocycles. The second kappa shape index (κ2) is 8.79. The minimum absolute atomic E-state index is 0.583. The molecule has 0 radical (unpaired) electrons. The summed E-state index contributed by atoms with van der Waals surface area (Å²) in [6.45, 7) is 2.16. The van der Waals surface area contributed by atoms with Gasteiger partial charge < -0.3 is 0 Å². The van der Waals surface area contributed by atoms with Crippen molar-refractivity contribution in [3.63, 3.8) is 0 Å². The van der Waals surface area contributed by atoms with Crippen LogP contribution < -0.4 is 0 Å². The van der Waals surface area contributed by atoms with Crippen LogP contribution in [0, 0.1) is 0 Å². The van der Waals surface area contributed by atoms with Gasteiger partial charge in [-0.05, 0) is 23.8 Å². The summed E-state index contributed by atoms with van der Waals surface area (Å²) < 4.78 is 0.